The van der Waals surface area contributed by atoms with Crippen LogP contribution in [0.3, 0.4) is 0 Å². The minimum Gasteiger partial charge on any atom is -0.477 e. The van der Waals surface area contributed by atoms with Gasteiger partial charge in [-0.1, -0.05) is 341 Å². The molecule has 0 aromatic rings. The molecule has 0 amide bonds. The van der Waals surface area contributed by atoms with E-state index in [0.29, 0.717) is 17.4 Å². The molecule has 82 heavy (non-hydrogen) atoms. The third kappa shape index (κ3) is 65.6. The lowest BCUT2D eigenvalue weighted by Crippen LogP contribution is -2.40. The number of quaternary nitrogens is 1. The van der Waals surface area contributed by atoms with Gasteiger partial charge >= 0.3 is 17.9 Å². The summed E-state index contributed by atoms with van der Waals surface area (Å²) in [5.74, 6) is -1.97. The first-order valence-electron chi connectivity index (χ1n) is 36.4. The minimum absolute atomic E-state index is 0.173. The van der Waals surface area contributed by atoms with Crippen molar-refractivity contribution in [2.24, 2.45) is 0 Å². The standard InChI is InChI=1S/C73H141NO8/c1-6-8-10-12-14-16-18-20-22-24-26-27-28-29-30-31-32-33-34-35-36-37-38-39-40-41-42-43-44-45-46-48-50-52-54-56-58-60-62-64-71(76)82-69(68-81-73(72(77)78)79-66-65-74(3,4)5)67-80-70(75)63-61-59-57-55-53-51-49-47-25-23-21-19-17-15-13-11-9-7-2/h24,26,69,73H,6-23,25,27-68H2,1-5H3/p+1/b26-24-. The molecule has 0 saturated carbocycles. The average Bonchev–Trinajstić information content (AvgIpc) is 3.45. The Kier molecular flexibility index (Phi) is 63.5. The fourth-order valence-electron chi connectivity index (χ4n) is 11.2. The first kappa shape index (κ1) is 80.0. The van der Waals surface area contributed by atoms with Gasteiger partial charge in [-0.15, -0.1) is 0 Å². The van der Waals surface area contributed by atoms with E-state index >= 15 is 0 Å². The Morgan fingerprint density at radius 2 is 0.622 bits per heavy atom. The Bertz CT molecular complexity index is 1350. The van der Waals surface area contributed by atoms with Crippen molar-refractivity contribution in [3.8, 4) is 0 Å². The molecule has 0 fully saturated rings. The van der Waals surface area contributed by atoms with Crippen LogP contribution in [0.5, 0.6) is 0 Å². The van der Waals surface area contributed by atoms with Crippen LogP contribution in [0.25, 0.3) is 0 Å². The average molecular weight is 1160 g/mol. The van der Waals surface area contributed by atoms with E-state index in [1.165, 1.54) is 315 Å². The predicted octanol–water partition coefficient (Wildman–Crippen LogP) is 22.4. The number of aliphatic carboxylic acids is 1. The number of rotatable bonds is 69. The van der Waals surface area contributed by atoms with Crippen LogP contribution in [0, 0.1) is 0 Å². The molecule has 0 radical (unpaired) electrons. The summed E-state index contributed by atoms with van der Waals surface area (Å²) < 4.78 is 23.0. The number of esters is 2. The number of allylic oxidation sites excluding steroid dienone is 2. The topological polar surface area (TPSA) is 108 Å². The van der Waals surface area contributed by atoms with E-state index in [2.05, 4.69) is 26.0 Å². The smallest absolute Gasteiger partial charge is 0.361 e. The van der Waals surface area contributed by atoms with Gasteiger partial charge in [0.25, 0.3) is 6.29 Å². The molecular formula is C73H142NO8+. The molecule has 0 aliphatic heterocycles. The zero-order valence-corrected chi connectivity index (χ0v) is 55.7. The van der Waals surface area contributed by atoms with Gasteiger partial charge in [0.15, 0.2) is 6.10 Å². The molecule has 486 valence electrons. The lowest BCUT2D eigenvalue weighted by Gasteiger charge is -2.25. The third-order valence-corrected chi connectivity index (χ3v) is 16.8. The van der Waals surface area contributed by atoms with Crippen molar-refractivity contribution in [1.82, 2.24) is 0 Å². The van der Waals surface area contributed by atoms with Crippen LogP contribution in [0.4, 0.5) is 0 Å². The molecule has 0 aromatic heterocycles. The Hall–Kier alpha value is -1.97. The molecule has 0 spiro atoms. The molecule has 0 heterocycles. The van der Waals surface area contributed by atoms with Gasteiger partial charge in [-0.25, -0.2) is 4.79 Å². The summed E-state index contributed by atoms with van der Waals surface area (Å²) in [5, 5.41) is 9.74. The van der Waals surface area contributed by atoms with Crippen LogP contribution in [0.2, 0.25) is 0 Å². The molecular weight excluding hydrogens is 1020 g/mol. The number of carboxylic acid groups (broad SMARTS) is 1. The van der Waals surface area contributed by atoms with Gasteiger partial charge in [-0.2, -0.15) is 0 Å². The molecule has 9 nitrogen and oxygen atoms in total. The van der Waals surface area contributed by atoms with Gasteiger partial charge in [0.2, 0.25) is 0 Å². The Morgan fingerprint density at radius 1 is 0.354 bits per heavy atom. The fourth-order valence-corrected chi connectivity index (χ4v) is 11.2. The second-order valence-electron chi connectivity index (χ2n) is 26.3. The summed E-state index contributed by atoms with van der Waals surface area (Å²) in [6, 6.07) is 0. The van der Waals surface area contributed by atoms with Crippen LogP contribution in [0.15, 0.2) is 12.2 Å². The number of likely N-dealkylation sites (N-methyl/N-ethyl adjacent to an activating group) is 1. The Morgan fingerprint density at radius 3 is 0.902 bits per heavy atom. The van der Waals surface area contributed by atoms with Gasteiger partial charge in [-0.05, 0) is 38.5 Å². The number of hydrogen-bond donors (Lipinski definition) is 1. The number of hydrogen-bond acceptors (Lipinski definition) is 7. The maximum absolute atomic E-state index is 12.9. The summed E-state index contributed by atoms with van der Waals surface area (Å²) in [7, 11) is 5.99. The highest BCUT2D eigenvalue weighted by atomic mass is 16.7. The SMILES string of the molecule is CCCCCCCCCC/C=C\CCCCCCCCCCCCCCCCCCCCCCCCCCCCCC(=O)OC(COC(=O)CCCCCCCCCCCCCCCCCCCC)COC(OCC[N+](C)(C)C)C(=O)O. The quantitative estimate of drug-likeness (QED) is 0.0211. The fraction of sp³-hybridized carbons (Fsp3) is 0.932. The Balaban J connectivity index is 3.92. The molecule has 0 bridgehead atoms. The maximum Gasteiger partial charge on any atom is 0.361 e. The van der Waals surface area contributed by atoms with Crippen LogP contribution >= 0.6 is 0 Å². The lowest BCUT2D eigenvalue weighted by molar-refractivity contribution is -0.870. The van der Waals surface area contributed by atoms with Crippen LogP contribution in [-0.4, -0.2) is 87.4 Å². The van der Waals surface area contributed by atoms with Crippen LogP contribution < -0.4 is 0 Å². The summed E-state index contributed by atoms with van der Waals surface area (Å²) in [5.41, 5.74) is 0. The largest absolute Gasteiger partial charge is 0.477 e. The number of unbranched alkanes of at least 4 members (excludes halogenated alkanes) is 52. The normalized spacial score (nSPS) is 12.6. The van der Waals surface area contributed by atoms with Gasteiger partial charge in [-0.3, -0.25) is 9.59 Å². The van der Waals surface area contributed by atoms with Gasteiger partial charge in [0.1, 0.15) is 13.2 Å². The van der Waals surface area contributed by atoms with E-state index in [-0.39, 0.29) is 38.2 Å². The zero-order valence-electron chi connectivity index (χ0n) is 55.7. The van der Waals surface area contributed by atoms with E-state index in [1.54, 1.807) is 0 Å². The molecule has 0 aliphatic rings. The second-order valence-corrected chi connectivity index (χ2v) is 26.3. The predicted molar refractivity (Wildman–Crippen MR) is 351 cm³/mol. The molecule has 2 atom stereocenters. The molecule has 0 aromatic carbocycles. The number of carbonyl (C=O) groups excluding carboxylic acids is 2. The van der Waals surface area contributed by atoms with Crippen molar-refractivity contribution in [3.63, 3.8) is 0 Å². The van der Waals surface area contributed by atoms with E-state index in [0.717, 1.165) is 38.5 Å². The summed E-state index contributed by atoms with van der Waals surface area (Å²) >= 11 is 0. The third-order valence-electron chi connectivity index (χ3n) is 16.8. The Labute approximate surface area is 510 Å². The highest BCUT2D eigenvalue weighted by molar-refractivity contribution is 5.71. The zero-order chi connectivity index (χ0) is 59.8. The number of carboxylic acids is 1. The van der Waals surface area contributed by atoms with Crippen molar-refractivity contribution in [1.29, 1.82) is 0 Å². The first-order chi connectivity index (χ1) is 40.1. The highest BCUT2D eigenvalue weighted by Gasteiger charge is 2.25. The van der Waals surface area contributed by atoms with Crippen molar-refractivity contribution in [3.05, 3.63) is 12.2 Å². The number of ether oxygens (including phenoxy) is 4. The van der Waals surface area contributed by atoms with Crippen molar-refractivity contribution < 1.29 is 42.9 Å². The van der Waals surface area contributed by atoms with Crippen LogP contribution in [0.1, 0.15) is 380 Å². The van der Waals surface area contributed by atoms with E-state index in [1.807, 2.05) is 21.1 Å². The van der Waals surface area contributed by atoms with Crippen molar-refractivity contribution in [2.75, 3.05) is 47.5 Å². The van der Waals surface area contributed by atoms with Gasteiger partial charge in [0.05, 0.1) is 34.4 Å². The minimum atomic E-state index is -1.50. The number of carbonyl (C=O) groups is 3. The maximum atomic E-state index is 12.9. The van der Waals surface area contributed by atoms with Crippen molar-refractivity contribution in [2.45, 2.75) is 392 Å². The summed E-state index contributed by atoms with van der Waals surface area (Å²) in [6.07, 6.45) is 76.4. The van der Waals surface area contributed by atoms with E-state index in [4.69, 9.17) is 18.9 Å². The summed E-state index contributed by atoms with van der Waals surface area (Å²) in [4.78, 5) is 37.6. The van der Waals surface area contributed by atoms with Crippen molar-refractivity contribution >= 4 is 17.9 Å². The van der Waals surface area contributed by atoms with Crippen LogP contribution in [-0.2, 0) is 33.3 Å². The molecule has 1 N–H and O–H groups in total. The first-order valence-corrected chi connectivity index (χ1v) is 36.4. The molecule has 0 aliphatic carbocycles. The van der Waals surface area contributed by atoms with E-state index < -0.39 is 18.4 Å². The summed E-state index contributed by atoms with van der Waals surface area (Å²) in [6.45, 7) is 4.96. The van der Waals surface area contributed by atoms with E-state index in [9.17, 15) is 19.5 Å². The molecule has 0 saturated heterocycles. The highest BCUT2D eigenvalue weighted by Crippen LogP contribution is 2.19. The molecule has 2 unspecified atom stereocenters. The monoisotopic (exact) mass is 1160 g/mol. The van der Waals surface area contributed by atoms with Gasteiger partial charge < -0.3 is 28.5 Å². The molecule has 0 rings (SSSR count). The second kappa shape index (κ2) is 65.0. The van der Waals surface area contributed by atoms with Gasteiger partial charge in [0, 0.05) is 12.8 Å². The lowest BCUT2D eigenvalue weighted by atomic mass is 10.0. The number of nitrogens with zero attached hydrogens (tertiary/aromatic N) is 1. The molecule has 9 heteroatoms.